The zero-order chi connectivity index (χ0) is 14.5. The van der Waals surface area contributed by atoms with Crippen LogP contribution in [-0.2, 0) is 0 Å². The number of hydrogen-bond acceptors (Lipinski definition) is 3. The number of nitrogens with zero attached hydrogens (tertiary/aromatic N) is 1. The van der Waals surface area contributed by atoms with Gasteiger partial charge in [0, 0.05) is 5.56 Å². The zero-order valence-electron chi connectivity index (χ0n) is 11.4. The second kappa shape index (κ2) is 6.02. The molecule has 0 atom stereocenters. The minimum atomic E-state index is -0.359. The molecule has 0 bridgehead atoms. The molecule has 0 unspecified atom stereocenters. The molecule has 0 heterocycles. The lowest BCUT2D eigenvalue weighted by Crippen LogP contribution is -2.17. The highest BCUT2D eigenvalue weighted by Crippen LogP contribution is 2.11. The van der Waals surface area contributed by atoms with Crippen LogP contribution in [-0.4, -0.2) is 17.2 Å². The van der Waals surface area contributed by atoms with Gasteiger partial charge in [-0.1, -0.05) is 29.8 Å². The van der Waals surface area contributed by atoms with Crippen LogP contribution in [0.4, 0.5) is 0 Å². The van der Waals surface area contributed by atoms with Crippen molar-refractivity contribution >= 4 is 12.1 Å². The van der Waals surface area contributed by atoms with E-state index in [1.165, 1.54) is 17.7 Å². The lowest BCUT2D eigenvalue weighted by molar-refractivity contribution is 0.0954. The molecule has 20 heavy (non-hydrogen) atoms. The summed E-state index contributed by atoms with van der Waals surface area (Å²) < 4.78 is 0. The molecule has 0 aromatic heterocycles. The van der Waals surface area contributed by atoms with Crippen LogP contribution in [0.25, 0.3) is 0 Å². The molecular weight excluding hydrogens is 252 g/mol. The van der Waals surface area contributed by atoms with Crippen molar-refractivity contribution in [2.24, 2.45) is 5.10 Å². The third kappa shape index (κ3) is 3.45. The Morgan fingerprint density at radius 2 is 2.00 bits per heavy atom. The standard InChI is InChI=1S/C16H16N2O2/c1-11-6-7-14(12(2)8-11)10-17-18-16(20)13-4-3-5-15(19)9-13/h3-10,19H,1-2H3,(H,18,20)/b17-10+. The van der Waals surface area contributed by atoms with Crippen molar-refractivity contribution in [2.75, 3.05) is 0 Å². The molecule has 0 saturated heterocycles. The molecule has 4 heteroatoms. The molecule has 1 amide bonds. The summed E-state index contributed by atoms with van der Waals surface area (Å²) in [4.78, 5) is 11.8. The van der Waals surface area contributed by atoms with E-state index in [2.05, 4.69) is 16.6 Å². The van der Waals surface area contributed by atoms with Crippen LogP contribution in [0.3, 0.4) is 0 Å². The lowest BCUT2D eigenvalue weighted by atomic mass is 10.1. The molecule has 102 valence electrons. The Morgan fingerprint density at radius 1 is 1.20 bits per heavy atom. The second-order valence-electron chi connectivity index (χ2n) is 4.61. The van der Waals surface area contributed by atoms with E-state index in [1.807, 2.05) is 26.0 Å². The van der Waals surface area contributed by atoms with Crippen LogP contribution >= 0.6 is 0 Å². The number of carbonyl (C=O) groups excluding carboxylic acids is 1. The number of carbonyl (C=O) groups is 1. The second-order valence-corrected chi connectivity index (χ2v) is 4.61. The van der Waals surface area contributed by atoms with Gasteiger partial charge in [0.2, 0.25) is 0 Å². The van der Waals surface area contributed by atoms with Crippen LogP contribution in [0.5, 0.6) is 5.75 Å². The topological polar surface area (TPSA) is 61.7 Å². The average molecular weight is 268 g/mol. The number of rotatable bonds is 3. The van der Waals surface area contributed by atoms with Gasteiger partial charge in [0.05, 0.1) is 6.21 Å². The quantitative estimate of drug-likeness (QED) is 0.664. The summed E-state index contributed by atoms with van der Waals surface area (Å²) in [6.07, 6.45) is 1.61. The number of phenolic OH excluding ortho intramolecular Hbond substituents is 1. The van der Waals surface area contributed by atoms with Crippen molar-refractivity contribution in [3.05, 3.63) is 64.7 Å². The normalized spacial score (nSPS) is 10.7. The smallest absolute Gasteiger partial charge is 0.271 e. The Balaban J connectivity index is 2.04. The summed E-state index contributed by atoms with van der Waals surface area (Å²) in [5.41, 5.74) is 6.03. The predicted octanol–water partition coefficient (Wildman–Crippen LogP) is 2.77. The van der Waals surface area contributed by atoms with E-state index in [0.29, 0.717) is 5.56 Å². The summed E-state index contributed by atoms with van der Waals surface area (Å²) in [7, 11) is 0. The van der Waals surface area contributed by atoms with E-state index in [0.717, 1.165) is 11.1 Å². The first-order valence-electron chi connectivity index (χ1n) is 6.26. The van der Waals surface area contributed by atoms with Gasteiger partial charge in [-0.15, -0.1) is 0 Å². The third-order valence-corrected chi connectivity index (χ3v) is 2.90. The Morgan fingerprint density at radius 3 is 2.70 bits per heavy atom. The SMILES string of the molecule is Cc1ccc(/C=N/NC(=O)c2cccc(O)c2)c(C)c1. The first-order valence-corrected chi connectivity index (χ1v) is 6.26. The van der Waals surface area contributed by atoms with Crippen LogP contribution < -0.4 is 5.43 Å². The first kappa shape index (κ1) is 13.8. The van der Waals surface area contributed by atoms with Crippen molar-refractivity contribution in [2.45, 2.75) is 13.8 Å². The largest absolute Gasteiger partial charge is 0.508 e. The van der Waals surface area contributed by atoms with Gasteiger partial charge in [0.15, 0.2) is 0 Å². The number of aromatic hydroxyl groups is 1. The molecule has 0 spiro atoms. The highest BCUT2D eigenvalue weighted by atomic mass is 16.3. The molecule has 4 nitrogen and oxygen atoms in total. The molecule has 0 aliphatic rings. The van der Waals surface area contributed by atoms with Crippen molar-refractivity contribution in [3.8, 4) is 5.75 Å². The van der Waals surface area contributed by atoms with E-state index in [4.69, 9.17) is 0 Å². The molecular formula is C16H16N2O2. The Labute approximate surface area is 117 Å². The Bertz CT molecular complexity index is 663. The fraction of sp³-hybridized carbons (Fsp3) is 0.125. The maximum atomic E-state index is 11.8. The van der Waals surface area contributed by atoms with Gasteiger partial charge in [-0.3, -0.25) is 4.79 Å². The van der Waals surface area contributed by atoms with Crippen molar-refractivity contribution < 1.29 is 9.90 Å². The number of benzene rings is 2. The summed E-state index contributed by atoms with van der Waals surface area (Å²) in [6, 6.07) is 12.1. The van der Waals surface area contributed by atoms with Crippen molar-refractivity contribution in [3.63, 3.8) is 0 Å². The summed E-state index contributed by atoms with van der Waals surface area (Å²) >= 11 is 0. The van der Waals surface area contributed by atoms with E-state index in [1.54, 1.807) is 18.3 Å². The molecule has 2 N–H and O–H groups in total. The van der Waals surface area contributed by atoms with Crippen molar-refractivity contribution in [1.82, 2.24) is 5.43 Å². The number of hydrogen-bond donors (Lipinski definition) is 2. The molecule has 0 fully saturated rings. The summed E-state index contributed by atoms with van der Waals surface area (Å²) in [5.74, 6) is -0.307. The van der Waals surface area contributed by atoms with Crippen molar-refractivity contribution in [1.29, 1.82) is 0 Å². The monoisotopic (exact) mass is 268 g/mol. The molecule has 0 aliphatic carbocycles. The highest BCUT2D eigenvalue weighted by Gasteiger charge is 2.04. The lowest BCUT2D eigenvalue weighted by Gasteiger charge is -2.02. The Hall–Kier alpha value is -2.62. The third-order valence-electron chi connectivity index (χ3n) is 2.90. The average Bonchev–Trinajstić information content (AvgIpc) is 2.41. The van der Waals surface area contributed by atoms with Gasteiger partial charge in [0.25, 0.3) is 5.91 Å². The molecule has 0 aliphatic heterocycles. The zero-order valence-corrected chi connectivity index (χ0v) is 11.4. The molecule has 2 aromatic carbocycles. The van der Waals surface area contributed by atoms with Crippen LogP contribution in [0.15, 0.2) is 47.6 Å². The van der Waals surface area contributed by atoms with E-state index < -0.39 is 0 Å². The van der Waals surface area contributed by atoms with E-state index in [9.17, 15) is 9.90 Å². The molecule has 0 radical (unpaired) electrons. The maximum absolute atomic E-state index is 11.8. The van der Waals surface area contributed by atoms with Gasteiger partial charge < -0.3 is 5.11 Å². The van der Waals surface area contributed by atoms with Gasteiger partial charge in [0.1, 0.15) is 5.75 Å². The fourth-order valence-electron chi connectivity index (χ4n) is 1.84. The minimum absolute atomic E-state index is 0.0519. The molecule has 0 saturated carbocycles. The van der Waals surface area contributed by atoms with Crippen LogP contribution in [0.1, 0.15) is 27.0 Å². The number of phenols is 1. The van der Waals surface area contributed by atoms with Crippen LogP contribution in [0.2, 0.25) is 0 Å². The minimum Gasteiger partial charge on any atom is -0.508 e. The summed E-state index contributed by atoms with van der Waals surface area (Å²) in [6.45, 7) is 4.02. The Kier molecular flexibility index (Phi) is 4.15. The maximum Gasteiger partial charge on any atom is 0.271 e. The van der Waals surface area contributed by atoms with Gasteiger partial charge in [-0.25, -0.2) is 5.43 Å². The van der Waals surface area contributed by atoms with Gasteiger partial charge >= 0.3 is 0 Å². The van der Waals surface area contributed by atoms with E-state index in [-0.39, 0.29) is 11.7 Å². The first-order chi connectivity index (χ1) is 9.56. The number of aryl methyl sites for hydroxylation is 2. The highest BCUT2D eigenvalue weighted by molar-refractivity contribution is 5.95. The van der Waals surface area contributed by atoms with Gasteiger partial charge in [-0.2, -0.15) is 5.10 Å². The van der Waals surface area contributed by atoms with Crippen LogP contribution in [0, 0.1) is 13.8 Å². The molecule has 2 rings (SSSR count). The van der Waals surface area contributed by atoms with E-state index >= 15 is 0 Å². The van der Waals surface area contributed by atoms with Gasteiger partial charge in [-0.05, 0) is 43.2 Å². The predicted molar refractivity (Wildman–Crippen MR) is 79.1 cm³/mol. The molecule has 2 aromatic rings. The number of nitrogens with one attached hydrogen (secondary N) is 1. The fourth-order valence-corrected chi connectivity index (χ4v) is 1.84. The number of amides is 1. The summed E-state index contributed by atoms with van der Waals surface area (Å²) in [5, 5.41) is 13.2. The number of hydrazone groups is 1.